The number of benzene rings is 2. The molecular formula is C28H29N3O4. The molecule has 1 saturated heterocycles. The molecule has 7 heteroatoms. The Labute approximate surface area is 205 Å². The van der Waals surface area contributed by atoms with E-state index in [1.807, 2.05) is 50.2 Å². The van der Waals surface area contributed by atoms with Crippen molar-refractivity contribution in [1.82, 2.24) is 9.97 Å². The molecule has 180 valence electrons. The van der Waals surface area contributed by atoms with Crippen molar-refractivity contribution in [2.24, 2.45) is 0 Å². The van der Waals surface area contributed by atoms with Crippen LogP contribution >= 0.6 is 0 Å². The van der Waals surface area contributed by atoms with E-state index >= 15 is 0 Å². The smallest absolute Gasteiger partial charge is 0.343 e. The average Bonchev–Trinajstić information content (AvgIpc) is 2.86. The highest BCUT2D eigenvalue weighted by atomic mass is 16.5. The average molecular weight is 472 g/mol. The lowest BCUT2D eigenvalue weighted by molar-refractivity contribution is 0.0225. The van der Waals surface area contributed by atoms with Gasteiger partial charge in [0.1, 0.15) is 22.7 Å². The molecule has 2 aliphatic rings. The van der Waals surface area contributed by atoms with Crippen LogP contribution in [0.5, 0.6) is 5.75 Å². The van der Waals surface area contributed by atoms with Gasteiger partial charge in [0.15, 0.2) is 11.6 Å². The topological polar surface area (TPSA) is 81.6 Å². The fourth-order valence-corrected chi connectivity index (χ4v) is 5.04. The number of aryl methyl sites for hydroxylation is 2. The minimum atomic E-state index is -0.542. The number of carbonyl (C=O) groups excluding carboxylic acids is 2. The molecule has 0 unspecified atom stereocenters. The van der Waals surface area contributed by atoms with Crippen molar-refractivity contribution in [2.45, 2.75) is 45.6 Å². The van der Waals surface area contributed by atoms with Crippen LogP contribution < -0.4 is 9.64 Å². The third kappa shape index (κ3) is 4.38. The largest absolute Gasteiger partial charge is 0.486 e. The molecule has 0 N–H and O–H groups in total. The highest BCUT2D eigenvalue weighted by Gasteiger charge is 2.44. The van der Waals surface area contributed by atoms with Crippen LogP contribution in [0.2, 0.25) is 0 Å². The minimum absolute atomic E-state index is 0.132. The Morgan fingerprint density at radius 1 is 1.14 bits per heavy atom. The Balaban J connectivity index is 1.43. The SMILES string of the molecule is CCOC(=O)c1cnc(-c2ccccc2)nc1N1CCC2(CC1)CC(=O)c1cc(C)cc(C)c1O2. The van der Waals surface area contributed by atoms with E-state index in [9.17, 15) is 9.59 Å². The lowest BCUT2D eigenvalue weighted by Crippen LogP contribution is -2.51. The second-order valence-corrected chi connectivity index (χ2v) is 9.35. The second-order valence-electron chi connectivity index (χ2n) is 9.35. The number of hydrogen-bond donors (Lipinski definition) is 0. The van der Waals surface area contributed by atoms with Crippen molar-refractivity contribution in [2.75, 3.05) is 24.6 Å². The molecule has 1 spiro atoms. The number of piperidine rings is 1. The third-order valence-corrected chi connectivity index (χ3v) is 6.79. The van der Waals surface area contributed by atoms with E-state index in [-0.39, 0.29) is 12.4 Å². The van der Waals surface area contributed by atoms with Gasteiger partial charge in [-0.15, -0.1) is 0 Å². The van der Waals surface area contributed by atoms with Crippen LogP contribution in [0.25, 0.3) is 11.4 Å². The van der Waals surface area contributed by atoms with Gasteiger partial charge in [0.2, 0.25) is 0 Å². The van der Waals surface area contributed by atoms with Crippen LogP contribution in [-0.4, -0.2) is 47.0 Å². The molecule has 3 heterocycles. The summed E-state index contributed by atoms with van der Waals surface area (Å²) in [6, 6.07) is 13.7. The van der Waals surface area contributed by atoms with Gasteiger partial charge in [0, 0.05) is 37.7 Å². The van der Waals surface area contributed by atoms with E-state index in [0.717, 1.165) is 16.7 Å². The predicted molar refractivity (Wildman–Crippen MR) is 133 cm³/mol. The first-order chi connectivity index (χ1) is 16.9. The highest BCUT2D eigenvalue weighted by molar-refractivity contribution is 6.01. The Morgan fingerprint density at radius 2 is 1.89 bits per heavy atom. The first-order valence-corrected chi connectivity index (χ1v) is 12.1. The lowest BCUT2D eigenvalue weighted by Gasteiger charge is -2.44. The molecule has 0 saturated carbocycles. The quantitative estimate of drug-likeness (QED) is 0.499. The number of rotatable bonds is 4. The number of ketones is 1. The number of nitrogens with zero attached hydrogens (tertiary/aromatic N) is 3. The van der Waals surface area contributed by atoms with Crippen LogP contribution in [0.3, 0.4) is 0 Å². The zero-order valence-electron chi connectivity index (χ0n) is 20.3. The summed E-state index contributed by atoms with van der Waals surface area (Å²) in [6.07, 6.45) is 3.22. The predicted octanol–water partition coefficient (Wildman–Crippen LogP) is 4.94. The van der Waals surface area contributed by atoms with Gasteiger partial charge < -0.3 is 14.4 Å². The van der Waals surface area contributed by atoms with Gasteiger partial charge in [-0.1, -0.05) is 36.4 Å². The van der Waals surface area contributed by atoms with E-state index in [2.05, 4.69) is 16.0 Å². The number of carbonyl (C=O) groups is 2. The molecule has 0 bridgehead atoms. The van der Waals surface area contributed by atoms with E-state index in [0.29, 0.717) is 60.9 Å². The van der Waals surface area contributed by atoms with Crippen molar-refractivity contribution in [1.29, 1.82) is 0 Å². The molecule has 0 radical (unpaired) electrons. The minimum Gasteiger partial charge on any atom is -0.486 e. The van der Waals surface area contributed by atoms with Gasteiger partial charge in [-0.05, 0) is 38.0 Å². The van der Waals surface area contributed by atoms with Crippen molar-refractivity contribution < 1.29 is 19.1 Å². The van der Waals surface area contributed by atoms with E-state index in [4.69, 9.17) is 14.5 Å². The van der Waals surface area contributed by atoms with Gasteiger partial charge in [0.25, 0.3) is 0 Å². The molecule has 7 nitrogen and oxygen atoms in total. The Bertz CT molecular complexity index is 1280. The Morgan fingerprint density at radius 3 is 2.60 bits per heavy atom. The summed E-state index contributed by atoms with van der Waals surface area (Å²) < 4.78 is 11.8. The first-order valence-electron chi connectivity index (χ1n) is 12.1. The van der Waals surface area contributed by atoms with E-state index in [1.54, 1.807) is 13.1 Å². The number of aromatic nitrogens is 2. The molecular weight excluding hydrogens is 442 g/mol. The molecule has 0 aliphatic carbocycles. The molecule has 0 atom stereocenters. The third-order valence-electron chi connectivity index (χ3n) is 6.79. The Kier molecular flexibility index (Phi) is 6.01. The maximum Gasteiger partial charge on any atom is 0.343 e. The molecule has 0 amide bonds. The van der Waals surface area contributed by atoms with Crippen molar-refractivity contribution in [3.05, 3.63) is 70.9 Å². The van der Waals surface area contributed by atoms with Crippen LogP contribution in [0.15, 0.2) is 48.7 Å². The summed E-state index contributed by atoms with van der Waals surface area (Å²) in [6.45, 7) is 7.24. The normalized spacial score (nSPS) is 16.5. The molecule has 1 fully saturated rings. The zero-order valence-corrected chi connectivity index (χ0v) is 20.3. The number of fused-ring (bicyclic) bond motifs is 1. The summed E-state index contributed by atoms with van der Waals surface area (Å²) >= 11 is 0. The molecule has 2 aromatic carbocycles. The molecule has 1 aromatic heterocycles. The van der Waals surface area contributed by atoms with Crippen LogP contribution in [-0.2, 0) is 4.74 Å². The van der Waals surface area contributed by atoms with E-state index in [1.165, 1.54) is 0 Å². The van der Waals surface area contributed by atoms with Crippen LogP contribution in [0, 0.1) is 13.8 Å². The first kappa shape index (κ1) is 23.0. The van der Waals surface area contributed by atoms with Crippen LogP contribution in [0.1, 0.15) is 58.0 Å². The summed E-state index contributed by atoms with van der Waals surface area (Å²) in [4.78, 5) is 37.1. The van der Waals surface area contributed by atoms with Gasteiger partial charge in [-0.3, -0.25) is 4.79 Å². The highest BCUT2D eigenvalue weighted by Crippen LogP contribution is 2.42. The molecule has 3 aromatic rings. The fourth-order valence-electron chi connectivity index (χ4n) is 5.04. The monoisotopic (exact) mass is 471 g/mol. The summed E-state index contributed by atoms with van der Waals surface area (Å²) in [5, 5.41) is 0. The van der Waals surface area contributed by atoms with Gasteiger partial charge in [0.05, 0.1) is 18.6 Å². The number of esters is 1. The molecule has 2 aliphatic heterocycles. The van der Waals surface area contributed by atoms with Gasteiger partial charge in [-0.25, -0.2) is 14.8 Å². The summed E-state index contributed by atoms with van der Waals surface area (Å²) in [7, 11) is 0. The van der Waals surface area contributed by atoms with Crippen molar-refractivity contribution in [3.63, 3.8) is 0 Å². The standard InChI is InChI=1S/C28H29N3O4/c1-4-34-27(33)22-17-29-25(20-8-6-5-7-9-20)30-26(22)31-12-10-28(11-13-31)16-23(32)21-15-18(2)14-19(3)24(21)35-28/h5-9,14-15,17H,4,10-13,16H2,1-3H3. The second kappa shape index (κ2) is 9.13. The Hall–Kier alpha value is -3.74. The molecule has 5 rings (SSSR count). The maximum absolute atomic E-state index is 13.1. The zero-order chi connectivity index (χ0) is 24.6. The van der Waals surface area contributed by atoms with Gasteiger partial charge in [-0.2, -0.15) is 0 Å². The van der Waals surface area contributed by atoms with Crippen molar-refractivity contribution >= 4 is 17.6 Å². The lowest BCUT2D eigenvalue weighted by atomic mass is 9.81. The number of anilines is 1. The summed E-state index contributed by atoms with van der Waals surface area (Å²) in [5.41, 5.74) is 3.42. The summed E-state index contributed by atoms with van der Waals surface area (Å²) in [5.74, 6) is 1.51. The number of Topliss-reactive ketones (excluding diaryl/α,β-unsaturated/α-hetero) is 1. The number of ether oxygens (including phenoxy) is 2. The fraction of sp³-hybridized carbons (Fsp3) is 0.357. The van der Waals surface area contributed by atoms with Crippen molar-refractivity contribution in [3.8, 4) is 17.1 Å². The van der Waals surface area contributed by atoms with E-state index < -0.39 is 11.6 Å². The number of hydrogen-bond acceptors (Lipinski definition) is 7. The maximum atomic E-state index is 13.1. The molecule has 35 heavy (non-hydrogen) atoms. The van der Waals surface area contributed by atoms with Gasteiger partial charge >= 0.3 is 5.97 Å². The van der Waals surface area contributed by atoms with Crippen LogP contribution in [0.4, 0.5) is 5.82 Å².